The fourth-order valence-corrected chi connectivity index (χ4v) is 2.19. The van der Waals surface area contributed by atoms with Crippen molar-refractivity contribution in [1.29, 1.82) is 0 Å². The maximum atomic E-state index is 11.2. The van der Waals surface area contributed by atoms with E-state index in [1.807, 2.05) is 4.90 Å². The van der Waals surface area contributed by atoms with E-state index >= 15 is 0 Å². The van der Waals surface area contributed by atoms with Crippen molar-refractivity contribution in [1.82, 2.24) is 9.80 Å². The first kappa shape index (κ1) is 12.7. The van der Waals surface area contributed by atoms with Crippen LogP contribution in [-0.4, -0.2) is 47.0 Å². The molecule has 0 radical (unpaired) electrons. The van der Waals surface area contributed by atoms with Gasteiger partial charge in [-0.3, -0.25) is 9.69 Å². The number of carbonyl (C=O) groups is 1. The van der Waals surface area contributed by atoms with Crippen LogP contribution in [0.15, 0.2) is 18.2 Å². The molecule has 5 nitrogen and oxygen atoms in total. The number of nitrogens with two attached hydrogens (primary N) is 1. The normalized spacial score (nSPS) is 16.8. The first-order chi connectivity index (χ1) is 8.56. The van der Waals surface area contributed by atoms with E-state index in [0.29, 0.717) is 12.2 Å². The summed E-state index contributed by atoms with van der Waals surface area (Å²) in [6.07, 6.45) is 0. The van der Waals surface area contributed by atoms with Crippen LogP contribution < -0.4 is 5.73 Å². The van der Waals surface area contributed by atoms with Crippen molar-refractivity contribution in [2.45, 2.75) is 13.5 Å². The maximum absolute atomic E-state index is 11.2. The fraction of sp³-hybridized carbons (Fsp3) is 0.462. The Balaban J connectivity index is 1.95. The molecule has 1 saturated heterocycles. The van der Waals surface area contributed by atoms with Gasteiger partial charge in [-0.2, -0.15) is 0 Å². The molecule has 1 aliphatic rings. The molecule has 1 aromatic rings. The SMILES string of the molecule is CC(=O)N1CCN(Cc2cc(N)ccc2O)CC1. The highest BCUT2D eigenvalue weighted by molar-refractivity contribution is 5.73. The number of carbonyl (C=O) groups excluding carboxylic acids is 1. The molecule has 5 heteroatoms. The molecule has 0 bridgehead atoms. The number of nitrogen functional groups attached to an aromatic ring is 1. The van der Waals surface area contributed by atoms with Crippen LogP contribution in [0.2, 0.25) is 0 Å². The third-order valence-corrected chi connectivity index (χ3v) is 3.32. The molecule has 0 atom stereocenters. The smallest absolute Gasteiger partial charge is 0.219 e. The molecular formula is C13H19N3O2. The topological polar surface area (TPSA) is 69.8 Å². The van der Waals surface area contributed by atoms with Crippen LogP contribution in [0.25, 0.3) is 0 Å². The van der Waals surface area contributed by atoms with Gasteiger partial charge < -0.3 is 15.7 Å². The van der Waals surface area contributed by atoms with Gasteiger partial charge in [-0.05, 0) is 18.2 Å². The zero-order valence-corrected chi connectivity index (χ0v) is 10.6. The Kier molecular flexibility index (Phi) is 3.72. The molecule has 1 fully saturated rings. The minimum atomic E-state index is 0.126. The second-order valence-corrected chi connectivity index (χ2v) is 4.67. The molecule has 1 heterocycles. The van der Waals surface area contributed by atoms with Crippen molar-refractivity contribution < 1.29 is 9.90 Å². The summed E-state index contributed by atoms with van der Waals surface area (Å²) in [4.78, 5) is 15.3. The van der Waals surface area contributed by atoms with Crippen molar-refractivity contribution in [3.63, 3.8) is 0 Å². The van der Waals surface area contributed by atoms with E-state index in [-0.39, 0.29) is 11.7 Å². The third kappa shape index (κ3) is 2.92. The molecule has 0 saturated carbocycles. The van der Waals surface area contributed by atoms with Crippen LogP contribution in [-0.2, 0) is 11.3 Å². The predicted molar refractivity (Wildman–Crippen MR) is 70.1 cm³/mol. The van der Waals surface area contributed by atoms with E-state index in [1.54, 1.807) is 25.1 Å². The Morgan fingerprint density at radius 2 is 2.00 bits per heavy atom. The summed E-state index contributed by atoms with van der Waals surface area (Å²) in [6, 6.07) is 5.11. The lowest BCUT2D eigenvalue weighted by Gasteiger charge is -2.34. The molecule has 1 aliphatic heterocycles. The Bertz CT molecular complexity index is 440. The number of anilines is 1. The highest BCUT2D eigenvalue weighted by atomic mass is 16.3. The van der Waals surface area contributed by atoms with Crippen LogP contribution in [0.4, 0.5) is 5.69 Å². The summed E-state index contributed by atoms with van der Waals surface area (Å²) in [5, 5.41) is 9.76. The molecule has 98 valence electrons. The first-order valence-electron chi connectivity index (χ1n) is 6.11. The van der Waals surface area contributed by atoms with Gasteiger partial charge in [0.15, 0.2) is 0 Å². The Hall–Kier alpha value is -1.75. The molecule has 0 spiro atoms. The molecule has 0 unspecified atom stereocenters. The number of amides is 1. The van der Waals surface area contributed by atoms with E-state index in [4.69, 9.17) is 5.73 Å². The lowest BCUT2D eigenvalue weighted by molar-refractivity contribution is -0.130. The third-order valence-electron chi connectivity index (χ3n) is 3.32. The summed E-state index contributed by atoms with van der Waals surface area (Å²) >= 11 is 0. The molecule has 0 aliphatic carbocycles. The number of nitrogens with zero attached hydrogens (tertiary/aromatic N) is 2. The van der Waals surface area contributed by atoms with Crippen molar-refractivity contribution in [3.8, 4) is 5.75 Å². The maximum Gasteiger partial charge on any atom is 0.219 e. The van der Waals surface area contributed by atoms with E-state index in [1.165, 1.54) is 0 Å². The molecule has 18 heavy (non-hydrogen) atoms. The number of aromatic hydroxyl groups is 1. The fourth-order valence-electron chi connectivity index (χ4n) is 2.19. The molecule has 0 aromatic heterocycles. The average Bonchev–Trinajstić information content (AvgIpc) is 2.34. The molecule has 1 amide bonds. The van der Waals surface area contributed by atoms with Crippen LogP contribution in [0.5, 0.6) is 5.75 Å². The molecular weight excluding hydrogens is 230 g/mol. The summed E-state index contributed by atoms with van der Waals surface area (Å²) < 4.78 is 0. The van der Waals surface area contributed by atoms with Gasteiger partial charge in [0.25, 0.3) is 0 Å². The Morgan fingerprint density at radius 1 is 1.33 bits per heavy atom. The molecule has 3 N–H and O–H groups in total. The second kappa shape index (κ2) is 5.27. The van der Waals surface area contributed by atoms with Crippen LogP contribution in [0.3, 0.4) is 0 Å². The van der Waals surface area contributed by atoms with Gasteiger partial charge in [0.05, 0.1) is 0 Å². The lowest BCUT2D eigenvalue weighted by Crippen LogP contribution is -2.47. The molecule has 1 aromatic carbocycles. The van der Waals surface area contributed by atoms with Gasteiger partial charge in [-0.25, -0.2) is 0 Å². The van der Waals surface area contributed by atoms with E-state index in [9.17, 15) is 9.90 Å². The lowest BCUT2D eigenvalue weighted by atomic mass is 10.1. The quantitative estimate of drug-likeness (QED) is 0.596. The summed E-state index contributed by atoms with van der Waals surface area (Å²) in [5.74, 6) is 0.402. The van der Waals surface area contributed by atoms with Gasteiger partial charge in [0, 0.05) is 50.9 Å². The van der Waals surface area contributed by atoms with Gasteiger partial charge in [0.2, 0.25) is 5.91 Å². The van der Waals surface area contributed by atoms with Crippen molar-refractivity contribution in [3.05, 3.63) is 23.8 Å². The average molecular weight is 249 g/mol. The molecule has 2 rings (SSSR count). The highest BCUT2D eigenvalue weighted by Gasteiger charge is 2.19. The number of piperazine rings is 1. The summed E-state index contributed by atoms with van der Waals surface area (Å²) in [5.41, 5.74) is 7.21. The minimum Gasteiger partial charge on any atom is -0.508 e. The number of hydrogen-bond donors (Lipinski definition) is 2. The number of benzene rings is 1. The Labute approximate surface area is 107 Å². The first-order valence-corrected chi connectivity index (χ1v) is 6.11. The number of phenols is 1. The number of hydrogen-bond acceptors (Lipinski definition) is 4. The zero-order chi connectivity index (χ0) is 13.1. The minimum absolute atomic E-state index is 0.126. The van der Waals surface area contributed by atoms with Crippen molar-refractivity contribution in [2.75, 3.05) is 31.9 Å². The van der Waals surface area contributed by atoms with Gasteiger partial charge in [-0.1, -0.05) is 0 Å². The van der Waals surface area contributed by atoms with Gasteiger partial charge >= 0.3 is 0 Å². The Morgan fingerprint density at radius 3 is 2.61 bits per heavy atom. The van der Waals surface area contributed by atoms with E-state index in [0.717, 1.165) is 31.7 Å². The second-order valence-electron chi connectivity index (χ2n) is 4.67. The zero-order valence-electron chi connectivity index (χ0n) is 10.6. The largest absolute Gasteiger partial charge is 0.508 e. The predicted octanol–water partition coefficient (Wildman–Crippen LogP) is 0.638. The monoisotopic (exact) mass is 249 g/mol. The highest BCUT2D eigenvalue weighted by Crippen LogP contribution is 2.21. The van der Waals surface area contributed by atoms with Crippen molar-refractivity contribution in [2.24, 2.45) is 0 Å². The summed E-state index contributed by atoms with van der Waals surface area (Å²) in [7, 11) is 0. The van der Waals surface area contributed by atoms with Crippen LogP contribution in [0.1, 0.15) is 12.5 Å². The van der Waals surface area contributed by atoms with Crippen LogP contribution in [0, 0.1) is 0 Å². The van der Waals surface area contributed by atoms with Gasteiger partial charge in [-0.15, -0.1) is 0 Å². The van der Waals surface area contributed by atoms with Crippen LogP contribution >= 0.6 is 0 Å². The van der Waals surface area contributed by atoms with Crippen molar-refractivity contribution >= 4 is 11.6 Å². The standard InChI is InChI=1S/C13H19N3O2/c1-10(17)16-6-4-15(5-7-16)9-11-8-12(14)2-3-13(11)18/h2-3,8,18H,4-7,9,14H2,1H3. The van der Waals surface area contributed by atoms with Gasteiger partial charge in [0.1, 0.15) is 5.75 Å². The number of rotatable bonds is 2. The van der Waals surface area contributed by atoms with E-state index < -0.39 is 0 Å². The number of phenolic OH excluding ortho intramolecular Hbond substituents is 1. The summed E-state index contributed by atoms with van der Waals surface area (Å²) in [6.45, 7) is 5.42. The van der Waals surface area contributed by atoms with E-state index in [2.05, 4.69) is 4.90 Å².